The summed E-state index contributed by atoms with van der Waals surface area (Å²) in [4.78, 5) is 27.5. The van der Waals surface area contributed by atoms with Crippen molar-refractivity contribution in [3.8, 4) is 17.0 Å². The van der Waals surface area contributed by atoms with Crippen molar-refractivity contribution in [2.24, 2.45) is 0 Å². The minimum absolute atomic E-state index is 0.161. The molecule has 4 aromatic heterocycles. The molecule has 2 aromatic carbocycles. The highest BCUT2D eigenvalue weighted by atomic mass is 16.5. The topological polar surface area (TPSA) is 119 Å². The van der Waals surface area contributed by atoms with Gasteiger partial charge in [-0.05, 0) is 50.6 Å². The Hall–Kier alpha value is -4.99. The zero-order chi connectivity index (χ0) is 26.9. The van der Waals surface area contributed by atoms with Gasteiger partial charge < -0.3 is 10.5 Å². The van der Waals surface area contributed by atoms with E-state index in [4.69, 9.17) is 20.6 Å². The van der Waals surface area contributed by atoms with Crippen LogP contribution >= 0.6 is 0 Å². The van der Waals surface area contributed by atoms with Gasteiger partial charge in [0, 0.05) is 36.0 Å². The third kappa shape index (κ3) is 3.59. The van der Waals surface area contributed by atoms with Crippen LogP contribution in [-0.4, -0.2) is 39.7 Å². The standard InChI is InChI=1S/C29H25N8O2/c1-17-8-6-10-20-23(17)28(38)37(35-12-4-5-13-35)22(33-20)15-36-27-24(26(30)31-16-32-27)25(34-36)18-9-7-11-21-19(18)14-29(2,3)39-21/h4-10,12-13,16H,14-15H2,1-3H3,(H2,30,31,32). The summed E-state index contributed by atoms with van der Waals surface area (Å²) >= 11 is 0. The first-order chi connectivity index (χ1) is 18.8. The lowest BCUT2D eigenvalue weighted by Crippen LogP contribution is -2.31. The van der Waals surface area contributed by atoms with Crippen LogP contribution in [0.4, 0.5) is 5.82 Å². The van der Waals surface area contributed by atoms with Crippen LogP contribution in [-0.2, 0) is 13.0 Å². The molecule has 0 amide bonds. The van der Waals surface area contributed by atoms with Gasteiger partial charge >= 0.3 is 0 Å². The molecule has 2 N–H and O–H groups in total. The van der Waals surface area contributed by atoms with Crippen molar-refractivity contribution in [1.29, 1.82) is 0 Å². The first-order valence-electron chi connectivity index (χ1n) is 12.7. The lowest BCUT2D eigenvalue weighted by molar-refractivity contribution is 0.138. The molecule has 39 heavy (non-hydrogen) atoms. The van der Waals surface area contributed by atoms with Gasteiger partial charge in [-0.2, -0.15) is 9.77 Å². The Morgan fingerprint density at radius 3 is 2.74 bits per heavy atom. The molecule has 1 aliphatic heterocycles. The summed E-state index contributed by atoms with van der Waals surface area (Å²) in [6, 6.07) is 16.4. The average molecular weight is 518 g/mol. The second-order valence-corrected chi connectivity index (χ2v) is 10.4. The molecule has 5 heterocycles. The van der Waals surface area contributed by atoms with Crippen LogP contribution < -0.4 is 16.0 Å². The van der Waals surface area contributed by atoms with Crippen molar-refractivity contribution in [3.05, 3.63) is 94.6 Å². The van der Waals surface area contributed by atoms with Gasteiger partial charge in [0.15, 0.2) is 11.5 Å². The lowest BCUT2D eigenvalue weighted by Gasteiger charge is -2.16. The third-order valence-electron chi connectivity index (χ3n) is 7.12. The van der Waals surface area contributed by atoms with Crippen LogP contribution in [0, 0.1) is 13.0 Å². The molecule has 193 valence electrons. The fourth-order valence-corrected chi connectivity index (χ4v) is 5.43. The number of hydrogen-bond acceptors (Lipinski definition) is 7. The Morgan fingerprint density at radius 2 is 1.92 bits per heavy atom. The fourth-order valence-electron chi connectivity index (χ4n) is 5.43. The first-order valence-corrected chi connectivity index (χ1v) is 12.7. The zero-order valence-electron chi connectivity index (χ0n) is 21.7. The maximum atomic E-state index is 13.8. The number of rotatable bonds is 4. The molecule has 0 fully saturated rings. The highest BCUT2D eigenvalue weighted by Gasteiger charge is 2.33. The van der Waals surface area contributed by atoms with Crippen molar-refractivity contribution in [2.75, 3.05) is 5.73 Å². The molecule has 7 rings (SSSR count). The Balaban J connectivity index is 1.46. The Labute approximate surface area is 223 Å². The van der Waals surface area contributed by atoms with Crippen molar-refractivity contribution in [1.82, 2.24) is 34.1 Å². The summed E-state index contributed by atoms with van der Waals surface area (Å²) in [5, 5.41) is 6.21. The van der Waals surface area contributed by atoms with Gasteiger partial charge in [0.25, 0.3) is 5.56 Å². The predicted octanol–water partition coefficient (Wildman–Crippen LogP) is 3.77. The monoisotopic (exact) mass is 517 g/mol. The molecule has 1 aliphatic rings. The smallest absolute Gasteiger partial charge is 0.281 e. The number of anilines is 1. The highest BCUT2D eigenvalue weighted by molar-refractivity contribution is 5.99. The number of hydrogen-bond donors (Lipinski definition) is 1. The summed E-state index contributed by atoms with van der Waals surface area (Å²) < 4.78 is 11.1. The Morgan fingerprint density at radius 1 is 1.10 bits per heavy atom. The molecule has 0 atom stereocenters. The summed E-state index contributed by atoms with van der Waals surface area (Å²) in [7, 11) is 0. The van der Waals surface area contributed by atoms with Crippen molar-refractivity contribution < 1.29 is 4.74 Å². The van der Waals surface area contributed by atoms with Crippen LogP contribution in [0.1, 0.15) is 30.8 Å². The van der Waals surface area contributed by atoms with Crippen LogP contribution in [0.3, 0.4) is 0 Å². The molecule has 10 heteroatoms. The van der Waals surface area contributed by atoms with Crippen molar-refractivity contribution in [2.45, 2.75) is 39.3 Å². The van der Waals surface area contributed by atoms with E-state index in [2.05, 4.69) is 16.0 Å². The van der Waals surface area contributed by atoms with E-state index in [1.165, 1.54) is 6.33 Å². The summed E-state index contributed by atoms with van der Waals surface area (Å²) in [5.74, 6) is 1.54. The van der Waals surface area contributed by atoms with Crippen LogP contribution in [0.5, 0.6) is 5.75 Å². The minimum atomic E-state index is -0.352. The third-order valence-corrected chi connectivity index (χ3v) is 7.12. The van der Waals surface area contributed by atoms with E-state index < -0.39 is 0 Å². The first kappa shape index (κ1) is 23.2. The quantitative estimate of drug-likeness (QED) is 0.378. The maximum absolute atomic E-state index is 13.8. The van der Waals surface area contributed by atoms with E-state index >= 15 is 0 Å². The molecule has 0 bridgehead atoms. The van der Waals surface area contributed by atoms with Gasteiger partial charge in [-0.15, -0.1) is 0 Å². The number of benzene rings is 2. The summed E-state index contributed by atoms with van der Waals surface area (Å²) in [6.07, 6.45) is 5.75. The van der Waals surface area contributed by atoms with Gasteiger partial charge in [0.1, 0.15) is 35.7 Å². The summed E-state index contributed by atoms with van der Waals surface area (Å²) in [6.45, 7) is 6.19. The normalized spacial score (nSPS) is 14.1. The average Bonchev–Trinajstić information content (AvgIpc) is 3.61. The lowest BCUT2D eigenvalue weighted by atomic mass is 9.95. The van der Waals surface area contributed by atoms with Gasteiger partial charge in [0.05, 0.1) is 16.3 Å². The van der Waals surface area contributed by atoms with Crippen LogP contribution in [0.2, 0.25) is 0 Å². The van der Waals surface area contributed by atoms with Crippen molar-refractivity contribution in [3.63, 3.8) is 0 Å². The van der Waals surface area contributed by atoms with Crippen LogP contribution in [0.25, 0.3) is 33.2 Å². The molecule has 10 nitrogen and oxygen atoms in total. The number of nitrogens with zero attached hydrogens (tertiary/aromatic N) is 7. The molecule has 0 unspecified atom stereocenters. The van der Waals surface area contributed by atoms with Gasteiger partial charge in [-0.1, -0.05) is 18.2 Å². The minimum Gasteiger partial charge on any atom is -0.487 e. The zero-order valence-corrected chi connectivity index (χ0v) is 21.7. The summed E-state index contributed by atoms with van der Waals surface area (Å²) in [5.41, 5.74) is 10.5. The van der Waals surface area contributed by atoms with E-state index in [1.54, 1.807) is 14.0 Å². The number of nitrogen functional groups attached to an aromatic ring is 1. The van der Waals surface area contributed by atoms with Gasteiger partial charge in [-0.25, -0.2) is 19.6 Å². The maximum Gasteiger partial charge on any atom is 0.281 e. The van der Waals surface area contributed by atoms with Crippen LogP contribution in [0.15, 0.2) is 66.0 Å². The molecule has 1 radical (unpaired) electrons. The van der Waals surface area contributed by atoms with Crippen molar-refractivity contribution >= 4 is 27.8 Å². The highest BCUT2D eigenvalue weighted by Crippen LogP contribution is 2.42. The number of ether oxygens (including phenoxy) is 1. The van der Waals surface area contributed by atoms with E-state index in [0.717, 1.165) is 16.7 Å². The van der Waals surface area contributed by atoms with E-state index in [9.17, 15) is 4.79 Å². The van der Waals surface area contributed by atoms with E-state index in [1.807, 2.05) is 75.6 Å². The van der Waals surface area contributed by atoms with E-state index in [-0.39, 0.29) is 17.7 Å². The Kier molecular flexibility index (Phi) is 4.90. The predicted molar refractivity (Wildman–Crippen MR) is 147 cm³/mol. The molecule has 0 saturated heterocycles. The molecule has 0 saturated carbocycles. The second kappa shape index (κ2) is 8.26. The molecular formula is C29H25N8O2. The van der Waals surface area contributed by atoms with Gasteiger partial charge in [0.2, 0.25) is 0 Å². The SMILES string of the molecule is Cc1cccc2nc(Cn3nc(-c4cc[c]c5c4CC(C)(C)O5)c4c(N)ncnc43)n(-n3cccc3)c(=O)c12. The second-order valence-electron chi connectivity index (χ2n) is 10.4. The van der Waals surface area contributed by atoms with E-state index in [0.29, 0.717) is 51.4 Å². The number of fused-ring (bicyclic) bond motifs is 3. The largest absolute Gasteiger partial charge is 0.487 e. The fraction of sp³-hybridized carbons (Fsp3) is 0.207. The van der Waals surface area contributed by atoms with Gasteiger partial charge in [-0.3, -0.25) is 9.47 Å². The number of nitrogens with two attached hydrogens (primary N) is 1. The molecule has 0 aliphatic carbocycles. The molecule has 0 spiro atoms. The Bertz CT molecular complexity index is 1970. The molecular weight excluding hydrogens is 492 g/mol. The number of aromatic nitrogens is 7. The number of aryl methyl sites for hydroxylation is 1. The molecule has 6 aromatic rings.